The van der Waals surface area contributed by atoms with Crippen LogP contribution in [0, 0.1) is 5.92 Å². The Balaban J connectivity index is 2.35. The SMILES string of the molecule is CCNC(CCO)CN(CC1CC1)C(C)C. The highest BCUT2D eigenvalue weighted by Crippen LogP contribution is 2.30. The largest absolute Gasteiger partial charge is 0.396 e. The molecule has 1 unspecified atom stereocenters. The molecule has 0 radical (unpaired) electrons. The summed E-state index contributed by atoms with van der Waals surface area (Å²) in [5.41, 5.74) is 0. The summed E-state index contributed by atoms with van der Waals surface area (Å²) in [7, 11) is 0. The van der Waals surface area contributed by atoms with Gasteiger partial charge in [0.25, 0.3) is 0 Å². The average Bonchev–Trinajstić information content (AvgIpc) is 3.01. The van der Waals surface area contributed by atoms with Crippen molar-refractivity contribution in [3.05, 3.63) is 0 Å². The minimum absolute atomic E-state index is 0.285. The molecule has 0 amide bonds. The molecule has 1 rings (SSSR count). The van der Waals surface area contributed by atoms with Crippen molar-refractivity contribution in [2.24, 2.45) is 5.92 Å². The van der Waals surface area contributed by atoms with Gasteiger partial charge in [0.15, 0.2) is 0 Å². The molecule has 3 nitrogen and oxygen atoms in total. The van der Waals surface area contributed by atoms with Gasteiger partial charge in [-0.2, -0.15) is 0 Å². The molecule has 0 aliphatic heterocycles. The first kappa shape index (κ1) is 13.9. The molecule has 0 aromatic carbocycles. The van der Waals surface area contributed by atoms with E-state index in [0.29, 0.717) is 12.1 Å². The van der Waals surface area contributed by atoms with E-state index in [2.05, 4.69) is 31.0 Å². The minimum atomic E-state index is 0.285. The summed E-state index contributed by atoms with van der Waals surface area (Å²) in [4.78, 5) is 2.56. The van der Waals surface area contributed by atoms with Gasteiger partial charge in [-0.05, 0) is 45.6 Å². The predicted molar refractivity (Wildman–Crippen MR) is 68.6 cm³/mol. The molecule has 0 bridgehead atoms. The Kier molecular flexibility index (Phi) is 6.32. The molecule has 1 aliphatic carbocycles. The van der Waals surface area contributed by atoms with Crippen LogP contribution in [0.5, 0.6) is 0 Å². The van der Waals surface area contributed by atoms with Gasteiger partial charge in [-0.1, -0.05) is 6.92 Å². The Hall–Kier alpha value is -0.120. The van der Waals surface area contributed by atoms with E-state index in [1.54, 1.807) is 0 Å². The molecule has 0 aromatic heterocycles. The zero-order valence-corrected chi connectivity index (χ0v) is 11.1. The number of likely N-dealkylation sites (N-methyl/N-ethyl adjacent to an activating group) is 1. The maximum Gasteiger partial charge on any atom is 0.0446 e. The van der Waals surface area contributed by atoms with E-state index in [-0.39, 0.29) is 6.61 Å². The molecule has 0 aromatic rings. The smallest absolute Gasteiger partial charge is 0.0446 e. The van der Waals surface area contributed by atoms with Crippen LogP contribution in [0.4, 0.5) is 0 Å². The van der Waals surface area contributed by atoms with Crippen molar-refractivity contribution >= 4 is 0 Å². The third kappa shape index (κ3) is 5.28. The molecule has 1 fully saturated rings. The van der Waals surface area contributed by atoms with Crippen molar-refractivity contribution in [2.45, 2.75) is 52.1 Å². The Morgan fingerprint density at radius 2 is 2.06 bits per heavy atom. The van der Waals surface area contributed by atoms with E-state index in [9.17, 15) is 0 Å². The summed E-state index contributed by atoms with van der Waals surface area (Å²) in [5, 5.41) is 12.5. The van der Waals surface area contributed by atoms with Crippen molar-refractivity contribution in [1.29, 1.82) is 0 Å². The van der Waals surface area contributed by atoms with Crippen molar-refractivity contribution < 1.29 is 5.11 Å². The lowest BCUT2D eigenvalue weighted by Gasteiger charge is -2.31. The fraction of sp³-hybridized carbons (Fsp3) is 1.00. The van der Waals surface area contributed by atoms with Crippen molar-refractivity contribution in [3.8, 4) is 0 Å². The quantitative estimate of drug-likeness (QED) is 0.627. The third-order valence-electron chi connectivity index (χ3n) is 3.35. The number of nitrogens with zero attached hydrogens (tertiary/aromatic N) is 1. The van der Waals surface area contributed by atoms with Gasteiger partial charge in [-0.3, -0.25) is 4.90 Å². The maximum absolute atomic E-state index is 9.05. The van der Waals surface area contributed by atoms with E-state index in [4.69, 9.17) is 5.11 Å². The Bertz CT molecular complexity index is 175. The molecular weight excluding hydrogens is 200 g/mol. The number of rotatable bonds is 9. The topological polar surface area (TPSA) is 35.5 Å². The molecule has 3 heteroatoms. The van der Waals surface area contributed by atoms with Crippen LogP contribution in [0.15, 0.2) is 0 Å². The second kappa shape index (κ2) is 7.25. The standard InChI is InChI=1S/C13H28N2O/c1-4-14-13(7-8-16)10-15(11(2)3)9-12-5-6-12/h11-14,16H,4-10H2,1-3H3. The van der Waals surface area contributed by atoms with Gasteiger partial charge in [0.05, 0.1) is 0 Å². The number of aliphatic hydroxyl groups is 1. The van der Waals surface area contributed by atoms with Crippen LogP contribution < -0.4 is 5.32 Å². The molecule has 1 aliphatic rings. The average molecular weight is 228 g/mol. The first-order chi connectivity index (χ1) is 7.67. The minimum Gasteiger partial charge on any atom is -0.396 e. The normalized spacial score (nSPS) is 18.4. The van der Waals surface area contributed by atoms with Gasteiger partial charge >= 0.3 is 0 Å². The number of hydrogen-bond acceptors (Lipinski definition) is 3. The maximum atomic E-state index is 9.05. The van der Waals surface area contributed by atoms with Crippen LogP contribution in [-0.4, -0.2) is 48.3 Å². The van der Waals surface area contributed by atoms with Gasteiger partial charge in [0.2, 0.25) is 0 Å². The van der Waals surface area contributed by atoms with Crippen molar-refractivity contribution in [3.63, 3.8) is 0 Å². The Morgan fingerprint density at radius 1 is 1.38 bits per heavy atom. The van der Waals surface area contributed by atoms with Gasteiger partial charge in [0.1, 0.15) is 0 Å². The molecule has 1 saturated carbocycles. The molecule has 2 N–H and O–H groups in total. The summed E-state index contributed by atoms with van der Waals surface area (Å²) in [6.45, 7) is 10.3. The fourth-order valence-electron chi connectivity index (χ4n) is 2.11. The van der Waals surface area contributed by atoms with Crippen LogP contribution >= 0.6 is 0 Å². The Labute approximate surface area is 100 Å². The van der Waals surface area contributed by atoms with E-state index in [0.717, 1.165) is 25.4 Å². The third-order valence-corrected chi connectivity index (χ3v) is 3.35. The van der Waals surface area contributed by atoms with Crippen LogP contribution in [0.25, 0.3) is 0 Å². The Morgan fingerprint density at radius 3 is 2.50 bits per heavy atom. The molecule has 0 spiro atoms. The molecule has 0 heterocycles. The molecule has 1 atom stereocenters. The van der Waals surface area contributed by atoms with E-state index < -0.39 is 0 Å². The first-order valence-corrected chi connectivity index (χ1v) is 6.75. The van der Waals surface area contributed by atoms with Crippen molar-refractivity contribution in [2.75, 3.05) is 26.2 Å². The van der Waals surface area contributed by atoms with Crippen LogP contribution in [0.3, 0.4) is 0 Å². The second-order valence-corrected chi connectivity index (χ2v) is 5.26. The first-order valence-electron chi connectivity index (χ1n) is 6.75. The van der Waals surface area contributed by atoms with Crippen LogP contribution in [0.1, 0.15) is 40.0 Å². The second-order valence-electron chi connectivity index (χ2n) is 5.26. The van der Waals surface area contributed by atoms with Gasteiger partial charge in [-0.25, -0.2) is 0 Å². The van der Waals surface area contributed by atoms with E-state index in [1.807, 2.05) is 0 Å². The molecule has 16 heavy (non-hydrogen) atoms. The lowest BCUT2D eigenvalue weighted by molar-refractivity contribution is 0.172. The molecule has 0 saturated heterocycles. The summed E-state index contributed by atoms with van der Waals surface area (Å²) in [6, 6.07) is 1.05. The predicted octanol–water partition coefficient (Wildman–Crippen LogP) is 1.47. The zero-order chi connectivity index (χ0) is 12.0. The summed E-state index contributed by atoms with van der Waals surface area (Å²) >= 11 is 0. The summed E-state index contributed by atoms with van der Waals surface area (Å²) in [6.07, 6.45) is 3.69. The monoisotopic (exact) mass is 228 g/mol. The highest BCUT2D eigenvalue weighted by Gasteiger charge is 2.26. The van der Waals surface area contributed by atoms with Gasteiger partial charge in [0, 0.05) is 31.8 Å². The number of hydrogen-bond donors (Lipinski definition) is 2. The lowest BCUT2D eigenvalue weighted by Crippen LogP contribution is -2.45. The van der Waals surface area contributed by atoms with E-state index >= 15 is 0 Å². The summed E-state index contributed by atoms with van der Waals surface area (Å²) in [5.74, 6) is 0.943. The number of aliphatic hydroxyl groups excluding tert-OH is 1. The van der Waals surface area contributed by atoms with Gasteiger partial charge < -0.3 is 10.4 Å². The molecule has 96 valence electrons. The van der Waals surface area contributed by atoms with Crippen molar-refractivity contribution in [1.82, 2.24) is 10.2 Å². The summed E-state index contributed by atoms with van der Waals surface area (Å²) < 4.78 is 0. The highest BCUT2D eigenvalue weighted by atomic mass is 16.3. The zero-order valence-electron chi connectivity index (χ0n) is 11.1. The van der Waals surface area contributed by atoms with Crippen LogP contribution in [-0.2, 0) is 0 Å². The van der Waals surface area contributed by atoms with Crippen LogP contribution in [0.2, 0.25) is 0 Å². The lowest BCUT2D eigenvalue weighted by atomic mass is 10.1. The fourth-order valence-corrected chi connectivity index (χ4v) is 2.11. The molecular formula is C13H28N2O. The number of nitrogens with one attached hydrogen (secondary N) is 1. The van der Waals surface area contributed by atoms with Gasteiger partial charge in [-0.15, -0.1) is 0 Å². The highest BCUT2D eigenvalue weighted by molar-refractivity contribution is 4.81. The van der Waals surface area contributed by atoms with E-state index in [1.165, 1.54) is 19.4 Å².